The van der Waals surface area contributed by atoms with Crippen molar-refractivity contribution >= 4 is 23.2 Å². The van der Waals surface area contributed by atoms with E-state index in [0.717, 1.165) is 11.1 Å². The Morgan fingerprint density at radius 2 is 1.70 bits per heavy atom. The predicted molar refractivity (Wildman–Crippen MR) is 118 cm³/mol. The Hall–Kier alpha value is -3.44. The molecule has 30 heavy (non-hydrogen) atoms. The van der Waals surface area contributed by atoms with Crippen LogP contribution in [0.15, 0.2) is 72.8 Å². The van der Waals surface area contributed by atoms with Gasteiger partial charge in [-0.1, -0.05) is 35.9 Å². The first-order chi connectivity index (χ1) is 14.4. The van der Waals surface area contributed by atoms with Gasteiger partial charge in [0.05, 0.1) is 16.4 Å². The third-order valence-corrected chi connectivity index (χ3v) is 5.25. The number of nitrogens with zero attached hydrogens (tertiary/aromatic N) is 2. The van der Waals surface area contributed by atoms with Gasteiger partial charge in [0, 0.05) is 11.3 Å². The van der Waals surface area contributed by atoms with Gasteiger partial charge in [-0.05, 0) is 73.5 Å². The highest BCUT2D eigenvalue weighted by atomic mass is 35.5. The van der Waals surface area contributed by atoms with Crippen LogP contribution in [0.1, 0.15) is 21.6 Å². The van der Waals surface area contributed by atoms with Gasteiger partial charge in [0.25, 0.3) is 5.91 Å². The van der Waals surface area contributed by atoms with Gasteiger partial charge in [-0.2, -0.15) is 5.10 Å². The number of nitrogens with one attached hydrogen (secondary N) is 1. The second-order valence-electron chi connectivity index (χ2n) is 7.04. The van der Waals surface area contributed by atoms with E-state index >= 15 is 0 Å². The minimum atomic E-state index is -0.371. The van der Waals surface area contributed by atoms with Gasteiger partial charge in [0.15, 0.2) is 0 Å². The first-order valence-corrected chi connectivity index (χ1v) is 9.79. The fraction of sp³-hybridized carbons (Fsp3) is 0.0833. The maximum Gasteiger partial charge on any atom is 0.274 e. The van der Waals surface area contributed by atoms with E-state index in [1.807, 2.05) is 44.2 Å². The molecule has 0 aliphatic rings. The van der Waals surface area contributed by atoms with E-state index in [1.165, 1.54) is 34.5 Å². The van der Waals surface area contributed by atoms with Crippen molar-refractivity contribution in [3.8, 4) is 16.9 Å². The van der Waals surface area contributed by atoms with Crippen molar-refractivity contribution in [3.63, 3.8) is 0 Å². The van der Waals surface area contributed by atoms with E-state index in [4.69, 9.17) is 11.6 Å². The van der Waals surface area contributed by atoms with Crippen LogP contribution in [0.2, 0.25) is 5.02 Å². The quantitative estimate of drug-likeness (QED) is 0.428. The number of carbonyl (C=O) groups is 1. The zero-order chi connectivity index (χ0) is 21.3. The number of anilines is 1. The minimum Gasteiger partial charge on any atom is -0.321 e. The van der Waals surface area contributed by atoms with Gasteiger partial charge < -0.3 is 5.32 Å². The SMILES string of the molecule is Cc1ccc(-c2cc(C(=O)Nc3ccc(F)cc3)n(-c3ccccc3Cl)n2)cc1C. The molecule has 0 spiro atoms. The molecule has 1 amide bonds. The molecule has 1 N–H and O–H groups in total. The van der Waals surface area contributed by atoms with Crippen LogP contribution < -0.4 is 5.32 Å². The highest BCUT2D eigenvalue weighted by molar-refractivity contribution is 6.32. The molecule has 4 rings (SSSR count). The zero-order valence-corrected chi connectivity index (χ0v) is 17.2. The fourth-order valence-electron chi connectivity index (χ4n) is 3.12. The van der Waals surface area contributed by atoms with Crippen LogP contribution in [0, 0.1) is 19.7 Å². The molecule has 150 valence electrons. The van der Waals surface area contributed by atoms with Crippen molar-refractivity contribution in [1.82, 2.24) is 9.78 Å². The number of aromatic nitrogens is 2. The summed E-state index contributed by atoms with van der Waals surface area (Å²) in [5.41, 5.74) is 5.28. The third-order valence-electron chi connectivity index (χ3n) is 4.93. The van der Waals surface area contributed by atoms with Crippen LogP contribution in [0.5, 0.6) is 0 Å². The number of carbonyl (C=O) groups excluding carboxylic acids is 1. The number of benzene rings is 3. The number of hydrogen-bond donors (Lipinski definition) is 1. The lowest BCUT2D eigenvalue weighted by atomic mass is 10.0. The van der Waals surface area contributed by atoms with Gasteiger partial charge in [0.2, 0.25) is 0 Å². The zero-order valence-electron chi connectivity index (χ0n) is 16.5. The first kappa shape index (κ1) is 19.9. The third kappa shape index (κ3) is 3.98. The van der Waals surface area contributed by atoms with E-state index in [9.17, 15) is 9.18 Å². The minimum absolute atomic E-state index is 0.320. The Kier molecular flexibility index (Phi) is 5.38. The van der Waals surface area contributed by atoms with E-state index in [-0.39, 0.29) is 11.7 Å². The van der Waals surface area contributed by atoms with Crippen molar-refractivity contribution < 1.29 is 9.18 Å². The number of hydrogen-bond acceptors (Lipinski definition) is 2. The van der Waals surface area contributed by atoms with Crippen LogP contribution in [-0.2, 0) is 0 Å². The molecular weight excluding hydrogens is 401 g/mol. The molecule has 0 unspecified atom stereocenters. The van der Waals surface area contributed by atoms with Crippen LogP contribution >= 0.6 is 11.6 Å². The molecule has 0 atom stereocenters. The summed E-state index contributed by atoms with van der Waals surface area (Å²) in [5.74, 6) is -0.741. The summed E-state index contributed by atoms with van der Waals surface area (Å²) in [5, 5.41) is 7.94. The van der Waals surface area contributed by atoms with Gasteiger partial charge >= 0.3 is 0 Å². The summed E-state index contributed by atoms with van der Waals surface area (Å²) in [6.07, 6.45) is 0. The normalized spacial score (nSPS) is 10.8. The van der Waals surface area contributed by atoms with Crippen LogP contribution in [0.25, 0.3) is 16.9 Å². The molecule has 1 aromatic heterocycles. The number of aryl methyl sites for hydroxylation is 2. The van der Waals surface area contributed by atoms with Crippen LogP contribution in [0.3, 0.4) is 0 Å². The summed E-state index contributed by atoms with van der Waals surface area (Å²) < 4.78 is 14.7. The molecule has 4 nitrogen and oxygen atoms in total. The van der Waals surface area contributed by atoms with E-state index in [1.54, 1.807) is 18.2 Å². The summed E-state index contributed by atoms with van der Waals surface area (Å²) in [4.78, 5) is 13.1. The number of amides is 1. The summed E-state index contributed by atoms with van der Waals surface area (Å²) >= 11 is 6.38. The molecular formula is C24H19ClFN3O. The standard InChI is InChI=1S/C24H19ClFN3O/c1-15-7-8-17(13-16(15)2)21-14-23(24(30)27-19-11-9-18(26)10-12-19)29(28-21)22-6-4-3-5-20(22)25/h3-14H,1-2H3,(H,27,30). The van der Waals surface area contributed by atoms with E-state index in [2.05, 4.69) is 10.4 Å². The molecule has 0 radical (unpaired) electrons. The molecule has 0 saturated carbocycles. The van der Waals surface area contributed by atoms with Crippen molar-refractivity contribution in [2.45, 2.75) is 13.8 Å². The van der Waals surface area contributed by atoms with Gasteiger partial charge in [-0.3, -0.25) is 4.79 Å². The van der Waals surface area contributed by atoms with Gasteiger partial charge in [-0.25, -0.2) is 9.07 Å². The van der Waals surface area contributed by atoms with Gasteiger partial charge in [-0.15, -0.1) is 0 Å². The molecule has 3 aromatic carbocycles. The lowest BCUT2D eigenvalue weighted by Gasteiger charge is -2.09. The second-order valence-corrected chi connectivity index (χ2v) is 7.45. The van der Waals surface area contributed by atoms with Crippen molar-refractivity contribution in [1.29, 1.82) is 0 Å². The second kappa shape index (κ2) is 8.13. The largest absolute Gasteiger partial charge is 0.321 e. The molecule has 0 aliphatic carbocycles. The van der Waals surface area contributed by atoms with Crippen LogP contribution in [-0.4, -0.2) is 15.7 Å². The van der Waals surface area contributed by atoms with Crippen molar-refractivity contribution in [3.05, 3.63) is 100 Å². The molecule has 0 saturated heterocycles. The molecule has 4 aromatic rings. The van der Waals surface area contributed by atoms with Crippen molar-refractivity contribution in [2.75, 3.05) is 5.32 Å². The Balaban J connectivity index is 1.80. The number of rotatable bonds is 4. The maximum atomic E-state index is 13.2. The molecule has 0 aliphatic heterocycles. The lowest BCUT2D eigenvalue weighted by Crippen LogP contribution is -2.17. The van der Waals surface area contributed by atoms with Crippen molar-refractivity contribution in [2.24, 2.45) is 0 Å². The highest BCUT2D eigenvalue weighted by Gasteiger charge is 2.19. The maximum absolute atomic E-state index is 13.2. The Labute approximate surface area is 178 Å². The summed E-state index contributed by atoms with van der Waals surface area (Å²) in [6.45, 7) is 4.08. The molecule has 1 heterocycles. The number of para-hydroxylation sites is 1. The monoisotopic (exact) mass is 419 g/mol. The molecule has 6 heteroatoms. The Morgan fingerprint density at radius 1 is 0.967 bits per heavy atom. The topological polar surface area (TPSA) is 46.9 Å². The van der Waals surface area contributed by atoms with Gasteiger partial charge in [0.1, 0.15) is 11.5 Å². The predicted octanol–water partition coefficient (Wildman–Crippen LogP) is 6.20. The smallest absolute Gasteiger partial charge is 0.274 e. The Bertz CT molecular complexity index is 1230. The average molecular weight is 420 g/mol. The highest BCUT2D eigenvalue weighted by Crippen LogP contribution is 2.27. The van der Waals surface area contributed by atoms with E-state index in [0.29, 0.717) is 27.8 Å². The number of halogens is 2. The summed E-state index contributed by atoms with van der Waals surface area (Å²) in [6, 6.07) is 20.6. The summed E-state index contributed by atoms with van der Waals surface area (Å²) in [7, 11) is 0. The lowest BCUT2D eigenvalue weighted by molar-refractivity contribution is 0.101. The first-order valence-electron chi connectivity index (χ1n) is 9.42. The molecule has 0 fully saturated rings. The fourth-order valence-corrected chi connectivity index (χ4v) is 3.34. The molecule has 0 bridgehead atoms. The Morgan fingerprint density at radius 3 is 2.40 bits per heavy atom. The average Bonchev–Trinajstić information content (AvgIpc) is 3.17. The van der Waals surface area contributed by atoms with E-state index < -0.39 is 0 Å². The van der Waals surface area contributed by atoms with Crippen LogP contribution in [0.4, 0.5) is 10.1 Å².